The summed E-state index contributed by atoms with van der Waals surface area (Å²) in [5.74, 6) is 5.32. The highest BCUT2D eigenvalue weighted by molar-refractivity contribution is 5.50. The van der Waals surface area contributed by atoms with Gasteiger partial charge in [0.15, 0.2) is 23.3 Å². The van der Waals surface area contributed by atoms with Crippen LogP contribution < -0.4 is 0 Å². The number of nitrogens with one attached hydrogen (secondary N) is 1. The first-order chi connectivity index (χ1) is 29.9. The molecule has 0 aliphatic carbocycles. The predicted molar refractivity (Wildman–Crippen MR) is 260 cm³/mol. The molecule has 12 heteroatoms. The smallest absolute Gasteiger partial charge is 0.199 e. The normalized spacial score (nSPS) is 13.9. The van der Waals surface area contributed by atoms with Gasteiger partial charge in [0.1, 0.15) is 28.7 Å². The van der Waals surface area contributed by atoms with E-state index in [1.807, 2.05) is 73.4 Å². The van der Waals surface area contributed by atoms with E-state index in [2.05, 4.69) is 112 Å². The van der Waals surface area contributed by atoms with Gasteiger partial charge in [0.25, 0.3) is 0 Å². The van der Waals surface area contributed by atoms with Crippen molar-refractivity contribution >= 4 is 0 Å². The van der Waals surface area contributed by atoms with E-state index in [4.69, 9.17) is 4.98 Å². The maximum absolute atomic E-state index is 4.78. The Kier molecular flexibility index (Phi) is 21.2. The number of aromatic amines is 1. The van der Waals surface area contributed by atoms with Crippen LogP contribution in [0.1, 0.15) is 170 Å². The Labute approximate surface area is 380 Å². The van der Waals surface area contributed by atoms with Gasteiger partial charge in [-0.05, 0) is 101 Å². The van der Waals surface area contributed by atoms with Crippen molar-refractivity contribution in [1.82, 2.24) is 59.7 Å². The molecule has 0 radical (unpaired) electrons. The Balaban J connectivity index is 0.000000250. The monoisotopic (exact) mass is 859 g/mol. The average Bonchev–Trinajstić information content (AvgIpc) is 4.07. The van der Waals surface area contributed by atoms with Gasteiger partial charge in [-0.3, -0.25) is 20.1 Å². The highest BCUT2D eigenvalue weighted by atomic mass is 15.3. The average molecular weight is 859 g/mol. The molecule has 0 aliphatic rings. The molecule has 1 N–H and O–H groups in total. The number of hydrogen-bond acceptors (Lipinski definition) is 9. The van der Waals surface area contributed by atoms with E-state index in [-0.39, 0.29) is 23.7 Å². The molecule has 0 bridgehead atoms. The molecule has 6 aromatic heterocycles. The van der Waals surface area contributed by atoms with Crippen LogP contribution in [0.25, 0.3) is 34.6 Å². The molecule has 6 heterocycles. The fourth-order valence-corrected chi connectivity index (χ4v) is 7.58. The molecule has 3 atom stereocenters. The van der Waals surface area contributed by atoms with Crippen molar-refractivity contribution in [3.05, 3.63) is 105 Å². The van der Waals surface area contributed by atoms with Gasteiger partial charge >= 0.3 is 0 Å². The zero-order valence-corrected chi connectivity index (χ0v) is 39.4. The lowest BCUT2D eigenvalue weighted by molar-refractivity contribution is 0.367. The molecule has 0 amide bonds. The van der Waals surface area contributed by atoms with E-state index in [0.29, 0.717) is 5.82 Å². The van der Waals surface area contributed by atoms with Crippen LogP contribution >= 0.6 is 0 Å². The summed E-state index contributed by atoms with van der Waals surface area (Å²) in [6.45, 7) is 23.5. The van der Waals surface area contributed by atoms with Gasteiger partial charge in [0.05, 0.1) is 26.7 Å². The molecule has 6 rings (SSSR count). The second-order valence-electron chi connectivity index (χ2n) is 17.3. The number of rotatable bonds is 21. The minimum Gasteiger partial charge on any atom is -0.312 e. The van der Waals surface area contributed by atoms with Crippen molar-refractivity contribution < 1.29 is 0 Å². The third kappa shape index (κ3) is 14.1. The molecular formula is C51H78N12+2. The van der Waals surface area contributed by atoms with Gasteiger partial charge < -0.3 is 4.57 Å². The third-order valence-corrected chi connectivity index (χ3v) is 12.6. The molecule has 3 unspecified atom stereocenters. The van der Waals surface area contributed by atoms with Crippen LogP contribution in [0.5, 0.6) is 0 Å². The zero-order chi connectivity index (χ0) is 45.0. The highest BCUT2D eigenvalue weighted by Crippen LogP contribution is 2.35. The lowest BCUT2D eigenvalue weighted by atomic mass is 9.81. The third-order valence-electron chi connectivity index (χ3n) is 12.6. The number of H-pyrrole nitrogens is 1. The molecule has 0 aromatic carbocycles. The van der Waals surface area contributed by atoms with Crippen molar-refractivity contribution in [1.29, 1.82) is 0 Å². The van der Waals surface area contributed by atoms with E-state index in [1.165, 1.54) is 38.5 Å². The maximum atomic E-state index is 4.78. The minimum atomic E-state index is 0. The maximum Gasteiger partial charge on any atom is 0.199 e. The molecule has 63 heavy (non-hydrogen) atoms. The van der Waals surface area contributed by atoms with Gasteiger partial charge in [0.2, 0.25) is 0 Å². The van der Waals surface area contributed by atoms with Crippen molar-refractivity contribution in [3.63, 3.8) is 0 Å². The van der Waals surface area contributed by atoms with E-state index in [9.17, 15) is 0 Å². The topological polar surface area (TPSA) is 142 Å². The summed E-state index contributed by atoms with van der Waals surface area (Å²) >= 11 is 0. The minimum absolute atomic E-state index is 0. The van der Waals surface area contributed by atoms with Crippen LogP contribution in [-0.4, -0.2) is 59.7 Å². The van der Waals surface area contributed by atoms with Crippen molar-refractivity contribution in [3.8, 4) is 34.6 Å². The molecule has 0 aliphatic heterocycles. The van der Waals surface area contributed by atoms with Gasteiger partial charge in [-0.1, -0.05) is 93.4 Å². The van der Waals surface area contributed by atoms with Crippen LogP contribution in [0.15, 0.2) is 73.2 Å². The second-order valence-corrected chi connectivity index (χ2v) is 17.3. The van der Waals surface area contributed by atoms with E-state index >= 15 is 0 Å². The molecule has 0 saturated carbocycles. The van der Waals surface area contributed by atoms with Crippen LogP contribution in [0.2, 0.25) is 0 Å². The van der Waals surface area contributed by atoms with Crippen LogP contribution in [0.3, 0.4) is 0 Å². The number of aryl methyl sites for hydroxylation is 1. The second kappa shape index (κ2) is 25.7. The summed E-state index contributed by atoms with van der Waals surface area (Å²) in [7, 11) is 3.97. The molecule has 0 saturated heterocycles. The summed E-state index contributed by atoms with van der Waals surface area (Å²) in [5.41, 5.74) is 2.73. The van der Waals surface area contributed by atoms with E-state index in [0.717, 1.165) is 104 Å². The number of aromatic nitrogens is 12. The van der Waals surface area contributed by atoms with E-state index < -0.39 is 0 Å². The predicted octanol–water partition coefficient (Wildman–Crippen LogP) is 12.6. The lowest BCUT2D eigenvalue weighted by Crippen LogP contribution is -2.25. The standard InChI is InChI=1S/2C17H25N4.C16H24N4.CH4/c1-5-7-9-12-17(3,6-2)16-20-19-15(21(16)4)14-11-8-10-13-18-14;1-5-7-9-12-17(3,6-2)16-19-15(21(4)20-16)14-11-8-10-13-18-14;1-4-6-8-11-16(3,5-2)15-18-14(19-20-15)13-10-7-9-12-17-13;/h2*8,10-11,13H,1,5-7,9,12H2,2-4H3;7,9-10,12H,4-6,8,11H2,1-3H3,(H,18,19,20);1H4/q2*+1;;. The summed E-state index contributed by atoms with van der Waals surface area (Å²) < 4.78 is 3.93. The SMILES string of the molecule is C.CCCCCC(C)(CC)c1nc(-c2ccccn2)n[nH]1.[CH2+]CCCCC(C)(CC)c1nc(-c2ccccn2)n(C)n1.[CH2+]CCCCC(C)(CC)c1nnc(-c2ccccn2)n1C. The largest absolute Gasteiger partial charge is 0.312 e. The number of unbranched alkanes of at least 4 members (excludes halogenated alkanes) is 6. The Morgan fingerprint density at radius 1 is 0.587 bits per heavy atom. The lowest BCUT2D eigenvalue weighted by Gasteiger charge is -2.27. The van der Waals surface area contributed by atoms with Crippen molar-refractivity contribution in [2.45, 2.75) is 168 Å². The molecular weight excluding hydrogens is 781 g/mol. The van der Waals surface area contributed by atoms with Gasteiger partial charge in [-0.2, -0.15) is 10.2 Å². The van der Waals surface area contributed by atoms with Gasteiger partial charge in [-0.25, -0.2) is 14.6 Å². The zero-order valence-electron chi connectivity index (χ0n) is 39.4. The Morgan fingerprint density at radius 3 is 1.60 bits per heavy atom. The quantitative estimate of drug-likeness (QED) is 0.0553. The fraction of sp³-hybridized carbons (Fsp3) is 0.549. The first-order valence-electron chi connectivity index (χ1n) is 23.0. The number of pyridine rings is 3. The number of nitrogens with zero attached hydrogens (tertiary/aromatic N) is 11. The van der Waals surface area contributed by atoms with Crippen LogP contribution in [0.4, 0.5) is 0 Å². The van der Waals surface area contributed by atoms with Crippen molar-refractivity contribution in [2.75, 3.05) is 0 Å². The van der Waals surface area contributed by atoms with Crippen LogP contribution in [0, 0.1) is 13.8 Å². The molecule has 340 valence electrons. The molecule has 0 spiro atoms. The highest BCUT2D eigenvalue weighted by Gasteiger charge is 2.32. The van der Waals surface area contributed by atoms with Crippen molar-refractivity contribution in [2.24, 2.45) is 14.1 Å². The molecule has 0 fully saturated rings. The first kappa shape index (κ1) is 52.0. The Hall–Kier alpha value is -5.39. The van der Waals surface area contributed by atoms with Gasteiger partial charge in [0, 0.05) is 48.9 Å². The number of hydrogen-bond donors (Lipinski definition) is 1. The Morgan fingerprint density at radius 2 is 1.10 bits per heavy atom. The molecule has 12 nitrogen and oxygen atoms in total. The Bertz CT molecular complexity index is 2090. The van der Waals surface area contributed by atoms with Crippen LogP contribution in [-0.2, 0) is 30.3 Å². The molecule has 6 aromatic rings. The van der Waals surface area contributed by atoms with Gasteiger partial charge in [-0.15, -0.1) is 10.2 Å². The van der Waals surface area contributed by atoms with E-state index in [1.54, 1.807) is 18.6 Å². The summed E-state index contributed by atoms with van der Waals surface area (Å²) in [4.78, 5) is 22.5. The summed E-state index contributed by atoms with van der Waals surface area (Å²) in [6.07, 6.45) is 22.3. The summed E-state index contributed by atoms with van der Waals surface area (Å²) in [6, 6.07) is 17.5. The summed E-state index contributed by atoms with van der Waals surface area (Å²) in [5, 5.41) is 20.9. The fourth-order valence-electron chi connectivity index (χ4n) is 7.58. The first-order valence-corrected chi connectivity index (χ1v) is 23.0.